The van der Waals surface area contributed by atoms with Gasteiger partial charge in [-0.3, -0.25) is 5.10 Å². The van der Waals surface area contributed by atoms with E-state index in [1.807, 2.05) is 24.3 Å². The number of aromatic amines is 1. The third-order valence-corrected chi connectivity index (χ3v) is 2.24. The Morgan fingerprint density at radius 3 is 3.00 bits per heavy atom. The lowest BCUT2D eigenvalue weighted by molar-refractivity contribution is 0.294. The van der Waals surface area contributed by atoms with Gasteiger partial charge in [0.2, 0.25) is 5.88 Å². The third-order valence-electron chi connectivity index (χ3n) is 2.24. The number of ether oxygens (including phenoxy) is 1. The zero-order chi connectivity index (χ0) is 8.67. The largest absolute Gasteiger partial charge is 0.473 e. The molecule has 13 heavy (non-hydrogen) atoms. The van der Waals surface area contributed by atoms with Crippen LogP contribution in [0.15, 0.2) is 24.3 Å². The number of para-hydroxylation sites is 1. The highest BCUT2D eigenvalue weighted by Crippen LogP contribution is 2.29. The first-order valence-corrected chi connectivity index (χ1v) is 4.53. The van der Waals surface area contributed by atoms with Crippen molar-refractivity contribution in [2.24, 2.45) is 0 Å². The molecular formula is C10H10N2O. The van der Waals surface area contributed by atoms with Crippen LogP contribution in [-0.4, -0.2) is 16.3 Å². The fourth-order valence-corrected chi connectivity index (χ4v) is 1.37. The average Bonchev–Trinajstić information content (AvgIpc) is 2.88. The number of nitrogens with one attached hydrogen (secondary N) is 1. The smallest absolute Gasteiger partial charge is 0.240 e. The molecule has 3 heteroatoms. The molecule has 1 aromatic carbocycles. The van der Waals surface area contributed by atoms with E-state index in [9.17, 15) is 0 Å². The maximum Gasteiger partial charge on any atom is 0.240 e. The summed E-state index contributed by atoms with van der Waals surface area (Å²) in [7, 11) is 0. The van der Waals surface area contributed by atoms with E-state index in [1.54, 1.807) is 0 Å². The molecule has 0 saturated heterocycles. The van der Waals surface area contributed by atoms with Crippen molar-refractivity contribution < 1.29 is 4.74 Å². The van der Waals surface area contributed by atoms with Crippen molar-refractivity contribution in [1.29, 1.82) is 0 Å². The summed E-state index contributed by atoms with van der Waals surface area (Å²) >= 11 is 0. The highest BCUT2D eigenvalue weighted by Gasteiger charge is 2.25. The molecule has 3 rings (SSSR count). The van der Waals surface area contributed by atoms with Gasteiger partial charge in [0, 0.05) is 0 Å². The van der Waals surface area contributed by atoms with Gasteiger partial charge in [-0.1, -0.05) is 12.1 Å². The lowest BCUT2D eigenvalue weighted by atomic mass is 10.2. The minimum Gasteiger partial charge on any atom is -0.473 e. The van der Waals surface area contributed by atoms with Gasteiger partial charge >= 0.3 is 0 Å². The molecule has 66 valence electrons. The Kier molecular flexibility index (Phi) is 1.33. The van der Waals surface area contributed by atoms with E-state index in [1.165, 1.54) is 12.8 Å². The number of benzene rings is 1. The Bertz CT molecular complexity index is 431. The molecule has 0 aliphatic heterocycles. The van der Waals surface area contributed by atoms with Gasteiger partial charge in [-0.25, -0.2) is 0 Å². The number of nitrogens with zero attached hydrogens (tertiary/aromatic N) is 1. The van der Waals surface area contributed by atoms with Gasteiger partial charge in [0.05, 0.1) is 10.9 Å². The van der Waals surface area contributed by atoms with E-state index in [0.717, 1.165) is 16.8 Å². The number of fused-ring (bicyclic) bond motifs is 1. The summed E-state index contributed by atoms with van der Waals surface area (Å²) in [6.07, 6.45) is 2.74. The highest BCUT2D eigenvalue weighted by atomic mass is 16.5. The van der Waals surface area contributed by atoms with Crippen LogP contribution >= 0.6 is 0 Å². The zero-order valence-electron chi connectivity index (χ0n) is 7.16. The van der Waals surface area contributed by atoms with Crippen molar-refractivity contribution in [1.82, 2.24) is 10.2 Å². The van der Waals surface area contributed by atoms with Crippen LogP contribution in [0, 0.1) is 0 Å². The Balaban J connectivity index is 2.06. The lowest BCUT2D eigenvalue weighted by Crippen LogP contribution is -1.95. The van der Waals surface area contributed by atoms with Gasteiger partial charge in [-0.2, -0.15) is 0 Å². The van der Waals surface area contributed by atoms with Crippen molar-refractivity contribution >= 4 is 10.9 Å². The molecule has 0 radical (unpaired) electrons. The molecule has 0 spiro atoms. The number of hydrogen-bond acceptors (Lipinski definition) is 2. The number of hydrogen-bond donors (Lipinski definition) is 1. The van der Waals surface area contributed by atoms with E-state index < -0.39 is 0 Å². The zero-order valence-corrected chi connectivity index (χ0v) is 7.16. The van der Waals surface area contributed by atoms with E-state index in [4.69, 9.17) is 4.74 Å². The molecule has 1 saturated carbocycles. The Morgan fingerprint density at radius 2 is 2.15 bits per heavy atom. The first-order chi connectivity index (χ1) is 6.43. The Morgan fingerprint density at radius 1 is 1.31 bits per heavy atom. The third kappa shape index (κ3) is 1.16. The van der Waals surface area contributed by atoms with Crippen molar-refractivity contribution in [2.75, 3.05) is 0 Å². The van der Waals surface area contributed by atoms with E-state index in [-0.39, 0.29) is 0 Å². The molecule has 1 aliphatic carbocycles. The first kappa shape index (κ1) is 6.95. The van der Waals surface area contributed by atoms with Gasteiger partial charge < -0.3 is 4.74 Å². The molecule has 3 nitrogen and oxygen atoms in total. The van der Waals surface area contributed by atoms with Gasteiger partial charge in [-0.05, 0) is 25.0 Å². The molecule has 1 N–H and O–H groups in total. The topological polar surface area (TPSA) is 37.9 Å². The molecular weight excluding hydrogens is 164 g/mol. The minimum atomic E-state index is 0.409. The second-order valence-corrected chi connectivity index (χ2v) is 3.39. The maximum atomic E-state index is 5.64. The van der Waals surface area contributed by atoms with Crippen LogP contribution in [0.2, 0.25) is 0 Å². The van der Waals surface area contributed by atoms with Crippen LogP contribution in [0.5, 0.6) is 5.88 Å². The summed E-state index contributed by atoms with van der Waals surface area (Å²) in [5.74, 6) is 0.748. The fraction of sp³-hybridized carbons (Fsp3) is 0.300. The molecule has 1 aromatic heterocycles. The summed E-state index contributed by atoms with van der Waals surface area (Å²) in [4.78, 5) is 0. The summed E-state index contributed by atoms with van der Waals surface area (Å²) in [5, 5.41) is 8.15. The Labute approximate surface area is 75.7 Å². The van der Waals surface area contributed by atoms with Crippen molar-refractivity contribution in [3.63, 3.8) is 0 Å². The Hall–Kier alpha value is -1.51. The second kappa shape index (κ2) is 2.49. The SMILES string of the molecule is c1ccc2c(OC3CC3)n[nH]c2c1. The number of aromatic nitrogens is 2. The molecule has 0 unspecified atom stereocenters. The molecule has 1 aliphatic rings. The predicted molar refractivity (Wildman–Crippen MR) is 49.7 cm³/mol. The van der Waals surface area contributed by atoms with Crippen LogP contribution in [0.25, 0.3) is 10.9 Å². The molecule has 2 aromatic rings. The lowest BCUT2D eigenvalue weighted by Gasteiger charge is -1.98. The minimum absolute atomic E-state index is 0.409. The van der Waals surface area contributed by atoms with Crippen molar-refractivity contribution in [3.05, 3.63) is 24.3 Å². The molecule has 1 heterocycles. The predicted octanol–water partition coefficient (Wildman–Crippen LogP) is 2.10. The first-order valence-electron chi connectivity index (χ1n) is 4.53. The van der Waals surface area contributed by atoms with Crippen molar-refractivity contribution in [2.45, 2.75) is 18.9 Å². The number of rotatable bonds is 2. The van der Waals surface area contributed by atoms with Gasteiger partial charge in [-0.15, -0.1) is 5.10 Å². The quantitative estimate of drug-likeness (QED) is 0.757. The van der Waals surface area contributed by atoms with Gasteiger partial charge in [0.15, 0.2) is 0 Å². The van der Waals surface area contributed by atoms with Gasteiger partial charge in [0.1, 0.15) is 6.10 Å². The van der Waals surface area contributed by atoms with Crippen LogP contribution in [0.3, 0.4) is 0 Å². The summed E-state index contributed by atoms with van der Waals surface area (Å²) in [5.41, 5.74) is 1.04. The average molecular weight is 174 g/mol. The normalized spacial score (nSPS) is 16.3. The molecule has 0 amide bonds. The van der Waals surface area contributed by atoms with E-state index in [2.05, 4.69) is 10.2 Å². The summed E-state index contributed by atoms with van der Waals surface area (Å²) in [6.45, 7) is 0. The summed E-state index contributed by atoms with van der Waals surface area (Å²) < 4.78 is 5.64. The van der Waals surface area contributed by atoms with Crippen LogP contribution in [-0.2, 0) is 0 Å². The van der Waals surface area contributed by atoms with E-state index in [0.29, 0.717) is 6.10 Å². The standard InChI is InChI=1S/C10H10N2O/c1-2-4-9-8(3-1)10(12-11-9)13-7-5-6-7/h1-4,7H,5-6H2,(H,11,12). The molecule has 0 atom stereocenters. The fourth-order valence-electron chi connectivity index (χ4n) is 1.37. The molecule has 0 bridgehead atoms. The second-order valence-electron chi connectivity index (χ2n) is 3.39. The maximum absolute atomic E-state index is 5.64. The van der Waals surface area contributed by atoms with Crippen LogP contribution in [0.1, 0.15) is 12.8 Å². The number of H-pyrrole nitrogens is 1. The molecule has 1 fully saturated rings. The van der Waals surface area contributed by atoms with E-state index >= 15 is 0 Å². The van der Waals surface area contributed by atoms with Crippen LogP contribution in [0.4, 0.5) is 0 Å². The highest BCUT2D eigenvalue weighted by molar-refractivity contribution is 5.83. The summed E-state index contributed by atoms with van der Waals surface area (Å²) in [6, 6.07) is 8.01. The monoisotopic (exact) mass is 174 g/mol. The van der Waals surface area contributed by atoms with Crippen molar-refractivity contribution in [3.8, 4) is 5.88 Å². The van der Waals surface area contributed by atoms with Crippen LogP contribution < -0.4 is 4.74 Å². The van der Waals surface area contributed by atoms with Gasteiger partial charge in [0.25, 0.3) is 0 Å².